The molecule has 0 bridgehead atoms. The molecule has 0 spiro atoms. The zero-order chi connectivity index (χ0) is 16.5. The predicted octanol–water partition coefficient (Wildman–Crippen LogP) is 5.20. The number of hydrogen-bond donors (Lipinski definition) is 0. The molecule has 7 heteroatoms. The molecule has 116 valence electrons. The van der Waals surface area contributed by atoms with Gasteiger partial charge in [0.25, 0.3) is 0 Å². The molecular formula is C15H8F6O. The zero-order valence-corrected chi connectivity index (χ0v) is 10.8. The quantitative estimate of drug-likeness (QED) is 0.549. The largest absolute Gasteiger partial charge is 0.416 e. The molecule has 0 aliphatic carbocycles. The molecule has 0 saturated carbocycles. The smallest absolute Gasteiger partial charge is 0.298 e. The van der Waals surface area contributed by atoms with E-state index < -0.39 is 23.5 Å². The lowest BCUT2D eigenvalue weighted by atomic mass is 9.96. The monoisotopic (exact) mass is 318 g/mol. The van der Waals surface area contributed by atoms with E-state index in [9.17, 15) is 31.1 Å². The summed E-state index contributed by atoms with van der Waals surface area (Å²) >= 11 is 0. The van der Waals surface area contributed by atoms with Crippen LogP contribution in [0, 0.1) is 0 Å². The number of hydrogen-bond acceptors (Lipinski definition) is 1. The minimum absolute atomic E-state index is 0.00843. The van der Waals surface area contributed by atoms with Gasteiger partial charge < -0.3 is 0 Å². The molecule has 0 saturated heterocycles. The van der Waals surface area contributed by atoms with Crippen molar-refractivity contribution in [2.45, 2.75) is 12.4 Å². The molecule has 0 radical (unpaired) electrons. The van der Waals surface area contributed by atoms with Crippen molar-refractivity contribution in [2.24, 2.45) is 0 Å². The molecular weight excluding hydrogens is 310 g/mol. The lowest BCUT2D eigenvalue weighted by Crippen LogP contribution is -2.11. The Balaban J connectivity index is 2.73. The topological polar surface area (TPSA) is 17.1 Å². The Morgan fingerprint density at radius 1 is 0.773 bits per heavy atom. The van der Waals surface area contributed by atoms with Crippen LogP contribution in [0.3, 0.4) is 0 Å². The van der Waals surface area contributed by atoms with Gasteiger partial charge in [-0.25, -0.2) is 0 Å². The summed E-state index contributed by atoms with van der Waals surface area (Å²) in [6.07, 6.45) is -9.47. The lowest BCUT2D eigenvalue weighted by molar-refractivity contribution is -0.143. The van der Waals surface area contributed by atoms with Gasteiger partial charge in [0.05, 0.1) is 11.1 Å². The molecule has 2 aromatic rings. The highest BCUT2D eigenvalue weighted by Gasteiger charge is 2.37. The Kier molecular flexibility index (Phi) is 4.00. The van der Waals surface area contributed by atoms with Crippen molar-refractivity contribution in [3.8, 4) is 11.1 Å². The molecule has 0 aromatic heterocycles. The molecule has 0 atom stereocenters. The summed E-state index contributed by atoms with van der Waals surface area (Å²) in [5.74, 6) is 0. The lowest BCUT2D eigenvalue weighted by Gasteiger charge is -2.15. The first-order chi connectivity index (χ1) is 10.1. The van der Waals surface area contributed by atoms with Crippen LogP contribution in [0.1, 0.15) is 21.5 Å². The summed E-state index contributed by atoms with van der Waals surface area (Å²) in [6.45, 7) is 0. The Morgan fingerprint density at radius 2 is 1.27 bits per heavy atom. The third-order valence-corrected chi connectivity index (χ3v) is 2.99. The molecule has 0 aliphatic rings. The third-order valence-electron chi connectivity index (χ3n) is 2.99. The average molecular weight is 318 g/mol. The Hall–Kier alpha value is -2.31. The summed E-state index contributed by atoms with van der Waals surface area (Å²) in [5, 5.41) is 0. The van der Waals surface area contributed by atoms with Gasteiger partial charge in [-0.2, -0.15) is 26.3 Å². The molecule has 0 aliphatic heterocycles. The van der Waals surface area contributed by atoms with Crippen LogP contribution in [0.25, 0.3) is 11.1 Å². The number of rotatable bonds is 2. The summed E-state index contributed by atoms with van der Waals surface area (Å²) < 4.78 is 76.8. The first-order valence-corrected chi connectivity index (χ1v) is 5.97. The van der Waals surface area contributed by atoms with Crippen LogP contribution in [0.4, 0.5) is 26.3 Å². The van der Waals surface area contributed by atoms with Crippen molar-refractivity contribution >= 4 is 6.29 Å². The first kappa shape index (κ1) is 16.1. The molecule has 0 unspecified atom stereocenters. The van der Waals surface area contributed by atoms with Gasteiger partial charge in [0, 0.05) is 5.56 Å². The second-order valence-electron chi connectivity index (χ2n) is 4.50. The Morgan fingerprint density at radius 3 is 1.73 bits per heavy atom. The van der Waals surface area contributed by atoms with Gasteiger partial charge in [-0.15, -0.1) is 0 Å². The summed E-state index contributed by atoms with van der Waals surface area (Å²) in [6, 6.07) is 6.73. The molecule has 0 fully saturated rings. The molecule has 0 heterocycles. The second-order valence-corrected chi connectivity index (χ2v) is 4.50. The predicted molar refractivity (Wildman–Crippen MR) is 67.3 cm³/mol. The van der Waals surface area contributed by atoms with E-state index in [-0.39, 0.29) is 22.8 Å². The molecule has 1 nitrogen and oxygen atoms in total. The molecule has 2 rings (SSSR count). The van der Waals surface area contributed by atoms with Crippen LogP contribution >= 0.6 is 0 Å². The van der Waals surface area contributed by atoms with Gasteiger partial charge in [-0.1, -0.05) is 24.3 Å². The van der Waals surface area contributed by atoms with E-state index in [0.717, 1.165) is 0 Å². The molecule has 22 heavy (non-hydrogen) atoms. The van der Waals surface area contributed by atoms with Crippen molar-refractivity contribution in [1.82, 2.24) is 0 Å². The van der Waals surface area contributed by atoms with Gasteiger partial charge in [0.1, 0.15) is 0 Å². The van der Waals surface area contributed by atoms with Gasteiger partial charge in [0.2, 0.25) is 0 Å². The standard InChI is InChI=1S/C15H8F6O/c16-14(17,18)11-5-10(6-12(7-11)15(19,20)21)13-4-2-1-3-9(13)8-22/h1-8H. The normalized spacial score (nSPS) is 12.3. The number of carbonyl (C=O) groups is 1. The fraction of sp³-hybridized carbons (Fsp3) is 0.133. The number of alkyl halides is 6. The maximum Gasteiger partial charge on any atom is 0.416 e. The number of aldehydes is 1. The number of benzene rings is 2. The number of halogens is 6. The van der Waals surface area contributed by atoms with Crippen LogP contribution in [0.2, 0.25) is 0 Å². The zero-order valence-electron chi connectivity index (χ0n) is 10.8. The van der Waals surface area contributed by atoms with E-state index >= 15 is 0 Å². The third kappa shape index (κ3) is 3.29. The minimum atomic E-state index is -4.92. The average Bonchev–Trinajstić information content (AvgIpc) is 2.45. The van der Waals surface area contributed by atoms with Gasteiger partial charge >= 0.3 is 12.4 Å². The SMILES string of the molecule is O=Cc1ccccc1-c1cc(C(F)(F)F)cc(C(F)(F)F)c1. The molecule has 0 N–H and O–H groups in total. The molecule has 0 amide bonds. The van der Waals surface area contributed by atoms with Crippen molar-refractivity contribution in [2.75, 3.05) is 0 Å². The van der Waals surface area contributed by atoms with Gasteiger partial charge in [0.15, 0.2) is 6.29 Å². The van der Waals surface area contributed by atoms with E-state index in [1.807, 2.05) is 0 Å². The summed E-state index contributed by atoms with van der Waals surface area (Å²) in [4.78, 5) is 10.9. The van der Waals surface area contributed by atoms with E-state index in [1.165, 1.54) is 24.3 Å². The van der Waals surface area contributed by atoms with Crippen LogP contribution in [-0.2, 0) is 12.4 Å². The van der Waals surface area contributed by atoms with Crippen molar-refractivity contribution in [3.63, 3.8) is 0 Å². The highest BCUT2D eigenvalue weighted by atomic mass is 19.4. The van der Waals surface area contributed by atoms with E-state index in [0.29, 0.717) is 18.4 Å². The number of carbonyl (C=O) groups excluding carboxylic acids is 1. The van der Waals surface area contributed by atoms with Crippen molar-refractivity contribution < 1.29 is 31.1 Å². The highest BCUT2D eigenvalue weighted by molar-refractivity contribution is 5.87. The highest BCUT2D eigenvalue weighted by Crippen LogP contribution is 2.39. The molecule has 2 aromatic carbocycles. The van der Waals surface area contributed by atoms with E-state index in [4.69, 9.17) is 0 Å². The minimum Gasteiger partial charge on any atom is -0.298 e. The second kappa shape index (κ2) is 5.47. The Bertz CT molecular complexity index is 668. The maximum atomic E-state index is 12.8. The Labute approximate surface area is 121 Å². The first-order valence-electron chi connectivity index (χ1n) is 5.97. The van der Waals surface area contributed by atoms with Gasteiger partial charge in [-0.05, 0) is 29.3 Å². The van der Waals surface area contributed by atoms with Crippen LogP contribution in [0.15, 0.2) is 42.5 Å². The van der Waals surface area contributed by atoms with Crippen molar-refractivity contribution in [3.05, 3.63) is 59.2 Å². The summed E-state index contributed by atoms with van der Waals surface area (Å²) in [7, 11) is 0. The fourth-order valence-corrected chi connectivity index (χ4v) is 1.97. The maximum absolute atomic E-state index is 12.8. The van der Waals surface area contributed by atoms with Crippen molar-refractivity contribution in [1.29, 1.82) is 0 Å². The van der Waals surface area contributed by atoms with Crippen LogP contribution in [-0.4, -0.2) is 6.29 Å². The van der Waals surface area contributed by atoms with E-state index in [2.05, 4.69) is 0 Å². The van der Waals surface area contributed by atoms with E-state index in [1.54, 1.807) is 0 Å². The van der Waals surface area contributed by atoms with Gasteiger partial charge in [-0.3, -0.25) is 4.79 Å². The fourth-order valence-electron chi connectivity index (χ4n) is 1.97. The van der Waals surface area contributed by atoms with Crippen LogP contribution < -0.4 is 0 Å². The summed E-state index contributed by atoms with van der Waals surface area (Å²) in [5.41, 5.74) is -3.13. The van der Waals surface area contributed by atoms with Crippen LogP contribution in [0.5, 0.6) is 0 Å².